The van der Waals surface area contributed by atoms with E-state index in [2.05, 4.69) is 41.0 Å². The lowest BCUT2D eigenvalue weighted by atomic mass is 10.2. The number of hydrogen-bond acceptors (Lipinski definition) is 6. The summed E-state index contributed by atoms with van der Waals surface area (Å²) in [5.41, 5.74) is 1.71. The molecule has 10 heteroatoms. The predicted molar refractivity (Wildman–Crippen MR) is 92.0 cm³/mol. The van der Waals surface area contributed by atoms with E-state index in [4.69, 9.17) is 0 Å². The SMILES string of the molecule is Cc1cc(Nc2nc(NCc3ccc(F)cc3F)nc3[nH]ncc23)n[nH]1. The highest BCUT2D eigenvalue weighted by atomic mass is 19.1. The molecule has 0 amide bonds. The van der Waals surface area contributed by atoms with Gasteiger partial charge in [-0.15, -0.1) is 0 Å². The Hall–Kier alpha value is -3.56. The number of nitrogens with one attached hydrogen (secondary N) is 4. The first-order chi connectivity index (χ1) is 12.6. The maximum Gasteiger partial charge on any atom is 0.227 e. The van der Waals surface area contributed by atoms with Crippen molar-refractivity contribution in [3.63, 3.8) is 0 Å². The van der Waals surface area contributed by atoms with Crippen LogP contribution < -0.4 is 10.6 Å². The molecule has 1 aromatic carbocycles. The maximum atomic E-state index is 13.8. The van der Waals surface area contributed by atoms with Gasteiger partial charge in [-0.1, -0.05) is 6.07 Å². The van der Waals surface area contributed by atoms with Crippen LogP contribution in [0.25, 0.3) is 11.0 Å². The van der Waals surface area contributed by atoms with Crippen LogP contribution in [0, 0.1) is 18.6 Å². The van der Waals surface area contributed by atoms with Gasteiger partial charge in [0.05, 0.1) is 11.6 Å². The van der Waals surface area contributed by atoms with Crippen molar-refractivity contribution in [2.24, 2.45) is 0 Å². The summed E-state index contributed by atoms with van der Waals surface area (Å²) in [4.78, 5) is 8.70. The van der Waals surface area contributed by atoms with Crippen molar-refractivity contribution in [1.82, 2.24) is 30.4 Å². The van der Waals surface area contributed by atoms with Crippen LogP contribution in [-0.4, -0.2) is 30.4 Å². The number of rotatable bonds is 5. The number of fused-ring (bicyclic) bond motifs is 1. The van der Waals surface area contributed by atoms with Crippen LogP contribution in [0.3, 0.4) is 0 Å². The molecule has 0 radical (unpaired) electrons. The van der Waals surface area contributed by atoms with Crippen LogP contribution in [0.1, 0.15) is 11.3 Å². The van der Waals surface area contributed by atoms with Gasteiger partial charge in [0, 0.05) is 29.9 Å². The summed E-state index contributed by atoms with van der Waals surface area (Å²) in [7, 11) is 0. The molecule has 0 atom stereocenters. The van der Waals surface area contributed by atoms with Gasteiger partial charge >= 0.3 is 0 Å². The molecule has 0 spiro atoms. The molecule has 0 aliphatic carbocycles. The van der Waals surface area contributed by atoms with Gasteiger partial charge < -0.3 is 10.6 Å². The average Bonchev–Trinajstić information content (AvgIpc) is 3.23. The largest absolute Gasteiger partial charge is 0.350 e. The smallest absolute Gasteiger partial charge is 0.227 e. The molecule has 4 rings (SSSR count). The summed E-state index contributed by atoms with van der Waals surface area (Å²) >= 11 is 0. The van der Waals surface area contributed by atoms with E-state index in [1.807, 2.05) is 13.0 Å². The summed E-state index contributed by atoms with van der Waals surface area (Å²) in [5, 5.41) is 20.4. The third-order valence-electron chi connectivity index (χ3n) is 3.71. The zero-order valence-corrected chi connectivity index (χ0v) is 13.6. The van der Waals surface area contributed by atoms with E-state index in [1.54, 1.807) is 6.20 Å². The average molecular weight is 356 g/mol. The minimum absolute atomic E-state index is 0.104. The summed E-state index contributed by atoms with van der Waals surface area (Å²) < 4.78 is 26.8. The molecule has 4 aromatic rings. The van der Waals surface area contributed by atoms with Crippen LogP contribution in [0.2, 0.25) is 0 Å². The van der Waals surface area contributed by atoms with Gasteiger partial charge in [0.2, 0.25) is 5.95 Å². The topological polar surface area (TPSA) is 107 Å². The predicted octanol–water partition coefficient (Wildman–Crippen LogP) is 3.02. The fourth-order valence-electron chi connectivity index (χ4n) is 2.45. The van der Waals surface area contributed by atoms with E-state index in [9.17, 15) is 8.78 Å². The zero-order chi connectivity index (χ0) is 18.1. The Labute approximate surface area is 146 Å². The second-order valence-electron chi connectivity index (χ2n) is 5.68. The Bertz CT molecular complexity index is 1070. The van der Waals surface area contributed by atoms with Gasteiger partial charge in [-0.3, -0.25) is 10.2 Å². The second-order valence-corrected chi connectivity index (χ2v) is 5.68. The monoisotopic (exact) mass is 356 g/mol. The summed E-state index contributed by atoms with van der Waals surface area (Å²) in [6.07, 6.45) is 1.60. The first kappa shape index (κ1) is 15.9. The Balaban J connectivity index is 1.61. The zero-order valence-electron chi connectivity index (χ0n) is 13.6. The molecule has 26 heavy (non-hydrogen) atoms. The molecule has 0 aliphatic heterocycles. The third kappa shape index (κ3) is 3.16. The molecule has 0 aliphatic rings. The number of nitrogens with zero attached hydrogens (tertiary/aromatic N) is 4. The van der Waals surface area contributed by atoms with Crippen molar-refractivity contribution in [3.8, 4) is 0 Å². The summed E-state index contributed by atoms with van der Waals surface area (Å²) in [5.74, 6) is 0.101. The number of halogens is 2. The lowest BCUT2D eigenvalue weighted by molar-refractivity contribution is 0.574. The van der Waals surface area contributed by atoms with Crippen LogP contribution in [0.5, 0.6) is 0 Å². The van der Waals surface area contributed by atoms with Crippen molar-refractivity contribution in [3.05, 3.63) is 53.4 Å². The molecule has 4 N–H and O–H groups in total. The number of aromatic nitrogens is 6. The van der Waals surface area contributed by atoms with E-state index in [0.717, 1.165) is 11.8 Å². The standard InChI is InChI=1S/C16H14F2N8/c1-8-4-13(25-24-8)21-14-11-7-20-26-15(11)23-16(22-14)19-6-9-2-3-10(17)5-12(9)18/h2-5,7H,6H2,1H3,(H4,19,20,21,22,23,24,25,26). The fourth-order valence-corrected chi connectivity index (χ4v) is 2.45. The normalized spacial score (nSPS) is 11.0. The highest BCUT2D eigenvalue weighted by Crippen LogP contribution is 2.23. The number of H-pyrrole nitrogens is 2. The van der Waals surface area contributed by atoms with Crippen molar-refractivity contribution in [1.29, 1.82) is 0 Å². The lowest BCUT2D eigenvalue weighted by Crippen LogP contribution is -2.07. The van der Waals surface area contributed by atoms with E-state index in [0.29, 0.717) is 28.2 Å². The van der Waals surface area contributed by atoms with Crippen LogP contribution in [0.4, 0.5) is 26.4 Å². The van der Waals surface area contributed by atoms with Gasteiger partial charge in [-0.05, 0) is 13.0 Å². The molecule has 0 fully saturated rings. The lowest BCUT2D eigenvalue weighted by Gasteiger charge is -2.09. The van der Waals surface area contributed by atoms with E-state index in [-0.39, 0.29) is 12.5 Å². The fraction of sp³-hybridized carbons (Fsp3) is 0.125. The van der Waals surface area contributed by atoms with Gasteiger partial charge in [0.25, 0.3) is 0 Å². The van der Waals surface area contributed by atoms with Crippen LogP contribution in [-0.2, 0) is 6.54 Å². The quantitative estimate of drug-likeness (QED) is 0.438. The number of benzene rings is 1. The van der Waals surface area contributed by atoms with Crippen LogP contribution in [0.15, 0.2) is 30.5 Å². The molecule has 3 heterocycles. The molecular weight excluding hydrogens is 342 g/mol. The summed E-state index contributed by atoms with van der Waals surface area (Å²) in [6, 6.07) is 5.24. The molecule has 132 valence electrons. The minimum atomic E-state index is -0.634. The Morgan fingerprint density at radius 2 is 2.00 bits per heavy atom. The molecule has 0 saturated carbocycles. The second kappa shape index (κ2) is 6.39. The van der Waals surface area contributed by atoms with Gasteiger partial charge in [-0.25, -0.2) is 8.78 Å². The Morgan fingerprint density at radius 3 is 2.77 bits per heavy atom. The highest BCUT2D eigenvalue weighted by Gasteiger charge is 2.12. The van der Waals surface area contributed by atoms with Gasteiger partial charge in [-0.2, -0.15) is 20.2 Å². The Kier molecular flexibility index (Phi) is 3.92. The highest BCUT2D eigenvalue weighted by molar-refractivity contribution is 5.88. The number of anilines is 3. The van der Waals surface area contributed by atoms with Crippen LogP contribution >= 0.6 is 0 Å². The maximum absolute atomic E-state index is 13.8. The van der Waals surface area contributed by atoms with Crippen molar-refractivity contribution in [2.75, 3.05) is 10.6 Å². The number of aromatic amines is 2. The summed E-state index contributed by atoms with van der Waals surface area (Å²) in [6.45, 7) is 1.99. The molecule has 8 nitrogen and oxygen atoms in total. The van der Waals surface area contributed by atoms with Gasteiger partial charge in [0.15, 0.2) is 11.5 Å². The van der Waals surface area contributed by atoms with Crippen molar-refractivity contribution >= 4 is 28.6 Å². The van der Waals surface area contributed by atoms with Crippen molar-refractivity contribution < 1.29 is 8.78 Å². The molecule has 0 bridgehead atoms. The minimum Gasteiger partial charge on any atom is -0.350 e. The number of aryl methyl sites for hydroxylation is 1. The van der Waals surface area contributed by atoms with Crippen molar-refractivity contribution in [2.45, 2.75) is 13.5 Å². The van der Waals surface area contributed by atoms with E-state index >= 15 is 0 Å². The van der Waals surface area contributed by atoms with E-state index < -0.39 is 11.6 Å². The van der Waals surface area contributed by atoms with E-state index in [1.165, 1.54) is 12.1 Å². The molecule has 0 unspecified atom stereocenters. The Morgan fingerprint density at radius 1 is 1.12 bits per heavy atom. The molecule has 0 saturated heterocycles. The number of hydrogen-bond donors (Lipinski definition) is 4. The first-order valence-electron chi connectivity index (χ1n) is 7.76. The van der Waals surface area contributed by atoms with Gasteiger partial charge in [0.1, 0.15) is 17.5 Å². The molecule has 3 aromatic heterocycles. The third-order valence-corrected chi connectivity index (χ3v) is 3.71. The molecular formula is C16H14F2N8. The first-order valence-corrected chi connectivity index (χ1v) is 7.76.